The number of anilines is 1. The van der Waals surface area contributed by atoms with Crippen molar-refractivity contribution in [2.75, 3.05) is 19.5 Å². The average molecular weight is 396 g/mol. The van der Waals surface area contributed by atoms with E-state index in [1.54, 1.807) is 18.2 Å². The summed E-state index contributed by atoms with van der Waals surface area (Å²) in [6.45, 7) is 1.89. The van der Waals surface area contributed by atoms with Crippen molar-refractivity contribution in [1.29, 1.82) is 0 Å². The predicted octanol–water partition coefficient (Wildman–Crippen LogP) is 4.09. The number of benzene rings is 2. The maximum atomic E-state index is 12.8. The summed E-state index contributed by atoms with van der Waals surface area (Å²) in [7, 11) is 3.02. The molecule has 0 aliphatic carbocycles. The number of nitrogens with two attached hydrogens (primary N) is 1. The Balaban J connectivity index is 1.99. The lowest BCUT2D eigenvalue weighted by molar-refractivity contribution is 0.100. The summed E-state index contributed by atoms with van der Waals surface area (Å²) >= 11 is 1.32. The minimum Gasteiger partial charge on any atom is -0.493 e. The lowest BCUT2D eigenvalue weighted by atomic mass is 10.0. The SMILES string of the molecule is COc1ccc(C(=O)Nc2sc(C)c(-c3ccccc3)c2C(N)=O)cc1OC. The molecule has 0 spiro atoms. The minimum absolute atomic E-state index is 0.308. The molecule has 3 N–H and O–H groups in total. The minimum atomic E-state index is -0.592. The Hall–Kier alpha value is -3.32. The summed E-state index contributed by atoms with van der Waals surface area (Å²) in [4.78, 5) is 25.8. The molecular formula is C21H20N2O4S. The number of primary amides is 1. The van der Waals surface area contributed by atoms with Crippen LogP contribution in [0.15, 0.2) is 48.5 Å². The quantitative estimate of drug-likeness (QED) is 0.656. The first-order chi connectivity index (χ1) is 13.5. The van der Waals surface area contributed by atoms with Crippen LogP contribution in [0.2, 0.25) is 0 Å². The van der Waals surface area contributed by atoms with Crippen LogP contribution in [0.5, 0.6) is 11.5 Å². The standard InChI is InChI=1S/C21H20N2O4S/c1-12-17(13-7-5-4-6-8-13)18(19(22)24)21(28-12)23-20(25)14-9-10-15(26-2)16(11-14)27-3/h4-11H,1-3H3,(H2,22,24)(H,23,25). The van der Waals surface area contributed by atoms with E-state index in [0.717, 1.165) is 16.0 Å². The van der Waals surface area contributed by atoms with E-state index in [1.165, 1.54) is 25.6 Å². The summed E-state index contributed by atoms with van der Waals surface area (Å²) in [6.07, 6.45) is 0. The molecule has 0 saturated carbocycles. The number of amides is 2. The molecular weight excluding hydrogens is 376 g/mol. The molecule has 2 amide bonds. The molecule has 0 aliphatic heterocycles. The van der Waals surface area contributed by atoms with Crippen LogP contribution in [0.25, 0.3) is 11.1 Å². The molecule has 1 heterocycles. The lowest BCUT2D eigenvalue weighted by Crippen LogP contribution is -2.17. The second-order valence-electron chi connectivity index (χ2n) is 5.99. The van der Waals surface area contributed by atoms with E-state index in [2.05, 4.69) is 5.32 Å². The predicted molar refractivity (Wildman–Crippen MR) is 111 cm³/mol. The number of rotatable bonds is 6. The van der Waals surface area contributed by atoms with Gasteiger partial charge in [-0.05, 0) is 30.7 Å². The van der Waals surface area contributed by atoms with Crippen LogP contribution < -0.4 is 20.5 Å². The van der Waals surface area contributed by atoms with Crippen molar-refractivity contribution in [2.45, 2.75) is 6.92 Å². The van der Waals surface area contributed by atoms with Gasteiger partial charge < -0.3 is 20.5 Å². The number of thiophene rings is 1. The van der Waals surface area contributed by atoms with Crippen molar-refractivity contribution in [3.8, 4) is 22.6 Å². The van der Waals surface area contributed by atoms with Gasteiger partial charge in [0.15, 0.2) is 11.5 Å². The third kappa shape index (κ3) is 3.70. The van der Waals surface area contributed by atoms with E-state index in [4.69, 9.17) is 15.2 Å². The van der Waals surface area contributed by atoms with Crippen LogP contribution in [0.3, 0.4) is 0 Å². The van der Waals surface area contributed by atoms with Crippen molar-refractivity contribution < 1.29 is 19.1 Å². The van der Waals surface area contributed by atoms with Gasteiger partial charge in [-0.2, -0.15) is 0 Å². The molecule has 2 aromatic carbocycles. The zero-order valence-corrected chi connectivity index (χ0v) is 16.6. The van der Waals surface area contributed by atoms with Crippen LogP contribution in [0.4, 0.5) is 5.00 Å². The molecule has 6 nitrogen and oxygen atoms in total. The lowest BCUT2D eigenvalue weighted by Gasteiger charge is -2.10. The van der Waals surface area contributed by atoms with Crippen LogP contribution in [-0.2, 0) is 0 Å². The smallest absolute Gasteiger partial charge is 0.256 e. The van der Waals surface area contributed by atoms with E-state index in [-0.39, 0.29) is 5.91 Å². The normalized spacial score (nSPS) is 10.4. The molecule has 0 saturated heterocycles. The van der Waals surface area contributed by atoms with E-state index >= 15 is 0 Å². The molecule has 3 aromatic rings. The van der Waals surface area contributed by atoms with Gasteiger partial charge in [0.05, 0.1) is 19.8 Å². The van der Waals surface area contributed by atoms with E-state index < -0.39 is 5.91 Å². The highest BCUT2D eigenvalue weighted by Gasteiger charge is 2.23. The number of carbonyl (C=O) groups is 2. The number of aryl methyl sites for hydroxylation is 1. The largest absolute Gasteiger partial charge is 0.493 e. The molecule has 144 valence electrons. The fourth-order valence-electron chi connectivity index (χ4n) is 2.97. The summed E-state index contributed by atoms with van der Waals surface area (Å²) in [5.41, 5.74) is 7.94. The van der Waals surface area contributed by atoms with Crippen LogP contribution >= 0.6 is 11.3 Å². The Morgan fingerprint density at radius 2 is 1.68 bits per heavy atom. The summed E-state index contributed by atoms with van der Waals surface area (Å²) < 4.78 is 10.4. The van der Waals surface area contributed by atoms with Crippen molar-refractivity contribution in [1.82, 2.24) is 0 Å². The number of methoxy groups -OCH3 is 2. The molecule has 0 bridgehead atoms. The van der Waals surface area contributed by atoms with Gasteiger partial charge in [-0.1, -0.05) is 30.3 Å². The highest BCUT2D eigenvalue weighted by molar-refractivity contribution is 7.17. The first-order valence-corrected chi connectivity index (χ1v) is 9.30. The highest BCUT2D eigenvalue weighted by Crippen LogP contribution is 2.40. The molecule has 0 fully saturated rings. The molecule has 0 atom stereocenters. The fraction of sp³-hybridized carbons (Fsp3) is 0.143. The Morgan fingerprint density at radius 1 is 1.00 bits per heavy atom. The monoisotopic (exact) mass is 396 g/mol. The van der Waals surface area contributed by atoms with Crippen LogP contribution in [-0.4, -0.2) is 26.0 Å². The highest BCUT2D eigenvalue weighted by atomic mass is 32.1. The number of nitrogens with one attached hydrogen (secondary N) is 1. The zero-order chi connectivity index (χ0) is 20.3. The first kappa shape index (κ1) is 19.4. The average Bonchev–Trinajstić information content (AvgIpc) is 3.03. The maximum absolute atomic E-state index is 12.8. The molecule has 0 aliphatic rings. The molecule has 0 radical (unpaired) electrons. The van der Waals surface area contributed by atoms with Crippen molar-refractivity contribution in [3.63, 3.8) is 0 Å². The summed E-state index contributed by atoms with van der Waals surface area (Å²) in [6, 6.07) is 14.3. The second kappa shape index (κ2) is 8.14. The Labute approximate surface area is 166 Å². The summed E-state index contributed by atoms with van der Waals surface area (Å²) in [5.74, 6) is 0.00273. The van der Waals surface area contributed by atoms with Gasteiger partial charge in [0.2, 0.25) is 0 Å². The molecule has 1 aromatic heterocycles. The fourth-order valence-corrected chi connectivity index (χ4v) is 4.05. The molecule has 7 heteroatoms. The number of ether oxygens (including phenoxy) is 2. The third-order valence-corrected chi connectivity index (χ3v) is 5.29. The maximum Gasteiger partial charge on any atom is 0.256 e. The Kier molecular flexibility index (Phi) is 5.65. The van der Waals surface area contributed by atoms with E-state index in [1.807, 2.05) is 37.3 Å². The van der Waals surface area contributed by atoms with Crippen molar-refractivity contribution >= 4 is 28.2 Å². The number of carbonyl (C=O) groups excluding carboxylic acids is 2. The second-order valence-corrected chi connectivity index (χ2v) is 7.22. The van der Waals surface area contributed by atoms with Crippen molar-refractivity contribution in [3.05, 3.63) is 64.5 Å². The van der Waals surface area contributed by atoms with Crippen LogP contribution in [0, 0.1) is 6.92 Å². The van der Waals surface area contributed by atoms with Crippen molar-refractivity contribution in [2.24, 2.45) is 5.73 Å². The van der Waals surface area contributed by atoms with Crippen LogP contribution in [0.1, 0.15) is 25.6 Å². The van der Waals surface area contributed by atoms with Gasteiger partial charge in [0, 0.05) is 16.0 Å². The van der Waals surface area contributed by atoms with Gasteiger partial charge in [0.25, 0.3) is 11.8 Å². The van der Waals surface area contributed by atoms with Gasteiger partial charge >= 0.3 is 0 Å². The number of hydrogen-bond acceptors (Lipinski definition) is 5. The Bertz CT molecular complexity index is 1030. The molecule has 28 heavy (non-hydrogen) atoms. The van der Waals surface area contributed by atoms with Gasteiger partial charge in [-0.25, -0.2) is 0 Å². The number of hydrogen-bond donors (Lipinski definition) is 2. The first-order valence-electron chi connectivity index (χ1n) is 8.48. The van der Waals surface area contributed by atoms with Gasteiger partial charge in [-0.15, -0.1) is 11.3 Å². The Morgan fingerprint density at radius 3 is 2.29 bits per heavy atom. The zero-order valence-electron chi connectivity index (χ0n) is 15.7. The van der Waals surface area contributed by atoms with E-state index in [0.29, 0.717) is 27.6 Å². The molecule has 0 unspecified atom stereocenters. The van der Waals surface area contributed by atoms with Gasteiger partial charge in [0.1, 0.15) is 5.00 Å². The van der Waals surface area contributed by atoms with E-state index in [9.17, 15) is 9.59 Å². The third-order valence-electron chi connectivity index (χ3n) is 4.27. The topological polar surface area (TPSA) is 90.6 Å². The summed E-state index contributed by atoms with van der Waals surface area (Å²) in [5, 5.41) is 3.23. The molecule has 3 rings (SSSR count). The van der Waals surface area contributed by atoms with Gasteiger partial charge in [-0.3, -0.25) is 9.59 Å².